The summed E-state index contributed by atoms with van der Waals surface area (Å²) >= 11 is 0. The zero-order chi connectivity index (χ0) is 22.0. The molecule has 0 radical (unpaired) electrons. The number of imidazole rings is 1. The van der Waals surface area contributed by atoms with E-state index in [4.69, 9.17) is 0 Å². The van der Waals surface area contributed by atoms with E-state index in [0.29, 0.717) is 17.4 Å². The van der Waals surface area contributed by atoms with Crippen LogP contribution in [0.15, 0.2) is 42.7 Å². The van der Waals surface area contributed by atoms with Crippen LogP contribution in [-0.2, 0) is 0 Å². The van der Waals surface area contributed by atoms with Gasteiger partial charge in [0.2, 0.25) is 0 Å². The van der Waals surface area contributed by atoms with Crippen molar-refractivity contribution in [1.29, 1.82) is 0 Å². The van der Waals surface area contributed by atoms with E-state index >= 15 is 0 Å². The summed E-state index contributed by atoms with van der Waals surface area (Å²) in [5, 5.41) is 3.48. The van der Waals surface area contributed by atoms with Crippen LogP contribution in [-0.4, -0.2) is 40.4 Å². The van der Waals surface area contributed by atoms with Crippen LogP contribution in [0.2, 0.25) is 0 Å². The smallest absolute Gasteiger partial charge is 0.281 e. The standard InChI is InChI=1S/C22H25F4N5/c1-30(13-18(23)24)19-10-7-15(11-27-19)14-5-8-16(9-6-14)28-20-3-2-4-21-29-17(22(25)26)12-31(20)21/h2-4,7,10-12,14,16,18,22,28H,5-6,8-9,13H2,1H3. The molecule has 0 saturated heterocycles. The molecule has 1 fully saturated rings. The maximum Gasteiger partial charge on any atom is 0.281 e. The zero-order valence-electron chi connectivity index (χ0n) is 17.2. The Bertz CT molecular complexity index is 997. The molecule has 0 amide bonds. The second-order valence-electron chi connectivity index (χ2n) is 8.02. The zero-order valence-corrected chi connectivity index (χ0v) is 17.2. The van der Waals surface area contributed by atoms with Crippen molar-refractivity contribution in [2.45, 2.75) is 50.5 Å². The minimum atomic E-state index is -2.60. The molecule has 5 nitrogen and oxygen atoms in total. The lowest BCUT2D eigenvalue weighted by Gasteiger charge is -2.30. The number of hydrogen-bond donors (Lipinski definition) is 1. The van der Waals surface area contributed by atoms with Gasteiger partial charge in [-0.15, -0.1) is 0 Å². The molecule has 0 spiro atoms. The van der Waals surface area contributed by atoms with Crippen LogP contribution in [0, 0.1) is 0 Å². The molecule has 3 heterocycles. The van der Waals surface area contributed by atoms with E-state index < -0.39 is 12.9 Å². The quantitative estimate of drug-likeness (QED) is 0.498. The predicted octanol–water partition coefficient (Wildman–Crippen LogP) is 5.51. The summed E-state index contributed by atoms with van der Waals surface area (Å²) in [6.45, 7) is -0.342. The van der Waals surface area contributed by atoms with Crippen LogP contribution in [0.4, 0.5) is 29.2 Å². The van der Waals surface area contributed by atoms with Gasteiger partial charge in [0, 0.05) is 25.5 Å². The molecule has 0 aromatic carbocycles. The molecule has 1 N–H and O–H groups in total. The number of anilines is 2. The molecule has 31 heavy (non-hydrogen) atoms. The van der Waals surface area contributed by atoms with Crippen LogP contribution in [0.25, 0.3) is 5.65 Å². The summed E-state index contributed by atoms with van der Waals surface area (Å²) in [5.41, 5.74) is 1.39. The molecule has 0 aliphatic heterocycles. The predicted molar refractivity (Wildman–Crippen MR) is 112 cm³/mol. The molecule has 166 valence electrons. The molecule has 0 unspecified atom stereocenters. The third-order valence-electron chi connectivity index (χ3n) is 5.86. The Balaban J connectivity index is 1.36. The maximum absolute atomic E-state index is 13.0. The van der Waals surface area contributed by atoms with E-state index in [9.17, 15) is 17.6 Å². The van der Waals surface area contributed by atoms with Gasteiger partial charge >= 0.3 is 0 Å². The minimum absolute atomic E-state index is 0.229. The van der Waals surface area contributed by atoms with Crippen molar-refractivity contribution >= 4 is 17.3 Å². The Kier molecular flexibility index (Phi) is 6.29. The lowest BCUT2D eigenvalue weighted by molar-refractivity contribution is 0.146. The summed E-state index contributed by atoms with van der Waals surface area (Å²) in [5.74, 6) is 1.67. The van der Waals surface area contributed by atoms with Crippen molar-refractivity contribution in [2.24, 2.45) is 0 Å². The monoisotopic (exact) mass is 435 g/mol. The normalized spacial score (nSPS) is 19.3. The fraction of sp³-hybridized carbons (Fsp3) is 0.455. The van der Waals surface area contributed by atoms with E-state index in [1.807, 2.05) is 18.2 Å². The molecule has 0 bridgehead atoms. The third kappa shape index (κ3) is 4.91. The highest BCUT2D eigenvalue weighted by molar-refractivity contribution is 5.51. The molecule has 3 aromatic rings. The summed E-state index contributed by atoms with van der Waals surface area (Å²) in [4.78, 5) is 9.77. The highest BCUT2D eigenvalue weighted by Crippen LogP contribution is 2.34. The van der Waals surface area contributed by atoms with Gasteiger partial charge in [0.25, 0.3) is 12.9 Å². The number of halogens is 4. The second kappa shape index (κ2) is 9.11. The number of alkyl halides is 4. The SMILES string of the molecule is CN(CC(F)F)c1ccc(C2CCC(Nc3cccc4nc(C(F)F)cn34)CC2)cn1. The van der Waals surface area contributed by atoms with Crippen LogP contribution in [0.3, 0.4) is 0 Å². The van der Waals surface area contributed by atoms with Gasteiger partial charge in [-0.2, -0.15) is 0 Å². The molecule has 9 heteroatoms. The molecule has 0 atom stereocenters. The van der Waals surface area contributed by atoms with E-state index in [0.717, 1.165) is 37.1 Å². The Morgan fingerprint density at radius 2 is 1.87 bits per heavy atom. The lowest BCUT2D eigenvalue weighted by atomic mass is 9.82. The molecular weight excluding hydrogens is 410 g/mol. The molecule has 4 rings (SSSR count). The van der Waals surface area contributed by atoms with Crippen molar-refractivity contribution in [3.8, 4) is 0 Å². The molecule has 3 aromatic heterocycles. The molecule has 1 aliphatic rings. The summed E-state index contributed by atoms with van der Waals surface area (Å²) < 4.78 is 52.7. The first-order valence-electron chi connectivity index (χ1n) is 10.4. The van der Waals surface area contributed by atoms with Gasteiger partial charge < -0.3 is 10.2 Å². The molecular formula is C22H25F4N5. The first-order valence-corrected chi connectivity index (χ1v) is 10.4. The van der Waals surface area contributed by atoms with Crippen LogP contribution in [0.1, 0.15) is 49.3 Å². The Hall–Kier alpha value is -2.84. The first kappa shape index (κ1) is 21.4. The average Bonchev–Trinajstić information content (AvgIpc) is 3.20. The first-order chi connectivity index (χ1) is 14.9. The van der Waals surface area contributed by atoms with Gasteiger partial charge in [-0.05, 0) is 55.4 Å². The Morgan fingerprint density at radius 3 is 2.52 bits per heavy atom. The number of pyridine rings is 2. The number of rotatable bonds is 7. The van der Waals surface area contributed by atoms with E-state index in [1.165, 1.54) is 11.1 Å². The topological polar surface area (TPSA) is 45.5 Å². The highest BCUT2D eigenvalue weighted by Gasteiger charge is 2.24. The van der Waals surface area contributed by atoms with Crippen molar-refractivity contribution in [3.05, 3.63) is 54.0 Å². The molecule has 1 saturated carbocycles. The summed E-state index contributed by atoms with van der Waals surface area (Å²) in [6, 6.07) is 9.40. The van der Waals surface area contributed by atoms with Gasteiger partial charge in [0.05, 0.1) is 6.54 Å². The highest BCUT2D eigenvalue weighted by atomic mass is 19.3. The van der Waals surface area contributed by atoms with E-state index in [2.05, 4.69) is 15.3 Å². The van der Waals surface area contributed by atoms with Crippen LogP contribution < -0.4 is 10.2 Å². The third-order valence-corrected chi connectivity index (χ3v) is 5.86. The van der Waals surface area contributed by atoms with E-state index in [1.54, 1.807) is 29.8 Å². The Labute approximate surface area is 178 Å². The lowest BCUT2D eigenvalue weighted by Crippen LogP contribution is -2.26. The van der Waals surface area contributed by atoms with Gasteiger partial charge in [0.15, 0.2) is 0 Å². The van der Waals surface area contributed by atoms with Gasteiger partial charge in [0.1, 0.15) is 23.0 Å². The number of nitrogens with zero attached hydrogens (tertiary/aromatic N) is 4. The fourth-order valence-electron chi connectivity index (χ4n) is 4.20. The number of aromatic nitrogens is 3. The maximum atomic E-state index is 13.0. The molecule has 1 aliphatic carbocycles. The number of fused-ring (bicyclic) bond motifs is 1. The van der Waals surface area contributed by atoms with Crippen LogP contribution >= 0.6 is 0 Å². The largest absolute Gasteiger partial charge is 0.368 e. The number of hydrogen-bond acceptors (Lipinski definition) is 4. The van der Waals surface area contributed by atoms with Crippen molar-refractivity contribution in [2.75, 3.05) is 23.8 Å². The van der Waals surface area contributed by atoms with Crippen molar-refractivity contribution < 1.29 is 17.6 Å². The van der Waals surface area contributed by atoms with Crippen molar-refractivity contribution in [1.82, 2.24) is 14.4 Å². The summed E-state index contributed by atoms with van der Waals surface area (Å²) in [6.07, 6.45) is 1.97. The average molecular weight is 435 g/mol. The minimum Gasteiger partial charge on any atom is -0.368 e. The summed E-state index contributed by atoms with van der Waals surface area (Å²) in [7, 11) is 1.61. The van der Waals surface area contributed by atoms with Crippen molar-refractivity contribution in [3.63, 3.8) is 0 Å². The van der Waals surface area contributed by atoms with Gasteiger partial charge in [-0.3, -0.25) is 4.40 Å². The van der Waals surface area contributed by atoms with Gasteiger partial charge in [-0.1, -0.05) is 12.1 Å². The van der Waals surface area contributed by atoms with Crippen LogP contribution in [0.5, 0.6) is 0 Å². The second-order valence-corrected chi connectivity index (χ2v) is 8.02. The Morgan fingerprint density at radius 1 is 1.10 bits per heavy atom. The van der Waals surface area contributed by atoms with E-state index in [-0.39, 0.29) is 18.3 Å². The number of nitrogens with one attached hydrogen (secondary N) is 1. The fourth-order valence-corrected chi connectivity index (χ4v) is 4.20. The van der Waals surface area contributed by atoms with Gasteiger partial charge in [-0.25, -0.2) is 27.5 Å².